The van der Waals surface area contributed by atoms with Gasteiger partial charge in [-0.15, -0.1) is 0 Å². The van der Waals surface area contributed by atoms with Gasteiger partial charge in [0.2, 0.25) is 0 Å². The molecule has 0 radical (unpaired) electrons. The fourth-order valence-electron chi connectivity index (χ4n) is 7.34. The van der Waals surface area contributed by atoms with Gasteiger partial charge < -0.3 is 25.5 Å². The van der Waals surface area contributed by atoms with Crippen LogP contribution in [0.25, 0.3) is 0 Å². The molecule has 4 rings (SSSR count). The van der Waals surface area contributed by atoms with Crippen molar-refractivity contribution in [2.75, 3.05) is 0 Å². The predicted octanol–water partition coefficient (Wildman–Crippen LogP) is 0.420. The van der Waals surface area contributed by atoms with Crippen LogP contribution in [0.1, 0.15) is 58.8 Å². The van der Waals surface area contributed by atoms with Gasteiger partial charge in [0.1, 0.15) is 5.60 Å². The van der Waals surface area contributed by atoms with Gasteiger partial charge in [-0.3, -0.25) is 9.59 Å². The standard InChI is InChI=1S/C21H30O7/c1-18-7-5-12(22)9-11(18)3-4-13-14-6-8-20(25,17(24)21(26,27)28)19(14,2)10-15(23)16(13)18/h9,13-16,23,25-28H,3-8,10H2,1-2H3/t13-,14-,15-,16+,18-,19-,20-/m0/s1. The number of aliphatic hydroxyl groups excluding tert-OH is 1. The smallest absolute Gasteiger partial charge is 0.342 e. The lowest BCUT2D eigenvalue weighted by Gasteiger charge is -2.60. The van der Waals surface area contributed by atoms with E-state index in [1.807, 2.05) is 0 Å². The highest BCUT2D eigenvalue weighted by molar-refractivity contribution is 5.93. The van der Waals surface area contributed by atoms with Gasteiger partial charge in [0.15, 0.2) is 5.78 Å². The molecule has 5 N–H and O–H groups in total. The summed E-state index contributed by atoms with van der Waals surface area (Å²) in [5.74, 6) is -5.00. The third-order valence-corrected chi connectivity index (χ3v) is 8.73. The maximum atomic E-state index is 12.5. The van der Waals surface area contributed by atoms with Crippen LogP contribution in [-0.4, -0.2) is 54.8 Å². The lowest BCUT2D eigenvalue weighted by Crippen LogP contribution is -2.64. The van der Waals surface area contributed by atoms with Crippen molar-refractivity contribution in [1.29, 1.82) is 0 Å². The van der Waals surface area contributed by atoms with Crippen molar-refractivity contribution in [2.45, 2.75) is 76.5 Å². The largest absolute Gasteiger partial charge is 0.393 e. The fourth-order valence-corrected chi connectivity index (χ4v) is 7.34. The predicted molar refractivity (Wildman–Crippen MR) is 97.4 cm³/mol. The normalized spacial score (nSPS) is 48.4. The number of hydrogen-bond acceptors (Lipinski definition) is 7. The maximum Gasteiger partial charge on any atom is 0.342 e. The van der Waals surface area contributed by atoms with Crippen LogP contribution in [-0.2, 0) is 9.59 Å². The molecular formula is C21H30O7. The third kappa shape index (κ3) is 2.46. The van der Waals surface area contributed by atoms with Crippen molar-refractivity contribution < 1.29 is 35.1 Å². The molecule has 7 atom stereocenters. The van der Waals surface area contributed by atoms with Crippen LogP contribution >= 0.6 is 0 Å². The van der Waals surface area contributed by atoms with Crippen molar-refractivity contribution in [2.24, 2.45) is 28.6 Å². The molecule has 0 aromatic rings. The Balaban J connectivity index is 1.73. The molecular weight excluding hydrogens is 364 g/mol. The van der Waals surface area contributed by atoms with Crippen LogP contribution < -0.4 is 0 Å². The van der Waals surface area contributed by atoms with Gasteiger partial charge in [0, 0.05) is 11.8 Å². The third-order valence-electron chi connectivity index (χ3n) is 8.73. The topological polar surface area (TPSA) is 135 Å². The molecule has 0 bridgehead atoms. The minimum absolute atomic E-state index is 0.0181. The maximum absolute atomic E-state index is 12.5. The summed E-state index contributed by atoms with van der Waals surface area (Å²) in [6.07, 6.45) is 4.26. The van der Waals surface area contributed by atoms with Gasteiger partial charge in [-0.2, -0.15) is 0 Å². The Bertz CT molecular complexity index is 752. The highest BCUT2D eigenvalue weighted by atomic mass is 16.7. The minimum atomic E-state index is -3.60. The number of carbonyl (C=O) groups is 2. The van der Waals surface area contributed by atoms with Crippen LogP contribution in [0.3, 0.4) is 0 Å². The Kier molecular flexibility index (Phi) is 4.29. The molecule has 28 heavy (non-hydrogen) atoms. The fraction of sp³-hybridized carbons (Fsp3) is 0.810. The van der Waals surface area contributed by atoms with Crippen LogP contribution in [0.4, 0.5) is 0 Å². The van der Waals surface area contributed by atoms with Crippen LogP contribution in [0.2, 0.25) is 0 Å². The summed E-state index contributed by atoms with van der Waals surface area (Å²) in [5, 5.41) is 50.7. The second kappa shape index (κ2) is 5.95. The zero-order valence-corrected chi connectivity index (χ0v) is 16.4. The van der Waals surface area contributed by atoms with E-state index in [2.05, 4.69) is 6.92 Å². The molecule has 0 amide bonds. The van der Waals surface area contributed by atoms with Gasteiger partial charge in [0.05, 0.1) is 6.10 Å². The number of carbonyl (C=O) groups excluding carboxylic acids is 2. The molecule has 3 fully saturated rings. The van der Waals surface area contributed by atoms with Gasteiger partial charge in [-0.25, -0.2) is 0 Å². The molecule has 156 valence electrons. The molecule has 3 saturated carbocycles. The first-order valence-electron chi connectivity index (χ1n) is 10.2. The lowest BCUT2D eigenvalue weighted by molar-refractivity contribution is -0.301. The molecule has 4 aliphatic carbocycles. The second-order valence-corrected chi connectivity index (χ2v) is 9.94. The molecule has 0 aromatic carbocycles. The molecule has 0 heterocycles. The Labute approximate surface area is 164 Å². The Morgan fingerprint density at radius 2 is 1.82 bits per heavy atom. The molecule has 7 heteroatoms. The molecule has 0 aromatic heterocycles. The summed E-state index contributed by atoms with van der Waals surface area (Å²) in [5.41, 5.74) is -2.36. The Hall–Kier alpha value is -1.12. The molecule has 0 aliphatic heterocycles. The lowest BCUT2D eigenvalue weighted by atomic mass is 9.45. The van der Waals surface area contributed by atoms with E-state index < -0.39 is 28.9 Å². The molecule has 4 aliphatic rings. The number of fused-ring (bicyclic) bond motifs is 5. The second-order valence-electron chi connectivity index (χ2n) is 9.94. The van der Waals surface area contributed by atoms with E-state index in [0.29, 0.717) is 19.3 Å². The van der Waals surface area contributed by atoms with Crippen LogP contribution in [0.15, 0.2) is 11.6 Å². The molecule has 0 spiro atoms. The first-order chi connectivity index (χ1) is 12.8. The summed E-state index contributed by atoms with van der Waals surface area (Å²) in [7, 11) is 0. The number of Topliss-reactive ketones (excluding diaryl/α,β-unsaturated/α-hetero) is 1. The van der Waals surface area contributed by atoms with Crippen molar-refractivity contribution in [3.8, 4) is 0 Å². The van der Waals surface area contributed by atoms with E-state index in [-0.39, 0.29) is 41.8 Å². The van der Waals surface area contributed by atoms with E-state index in [4.69, 9.17) is 0 Å². The summed E-state index contributed by atoms with van der Waals surface area (Å²) in [6, 6.07) is 0. The van der Waals surface area contributed by atoms with Gasteiger partial charge in [0.25, 0.3) is 5.78 Å². The summed E-state index contributed by atoms with van der Waals surface area (Å²) in [4.78, 5) is 24.4. The summed E-state index contributed by atoms with van der Waals surface area (Å²) >= 11 is 0. The SMILES string of the molecule is C[C@]12CCC(=O)C=C1CC[C@@H]1[C@@H]2[C@@H](O)C[C@@]2(C)[C@H]1CC[C@]2(O)C(=O)C(O)(O)O. The van der Waals surface area contributed by atoms with Crippen LogP contribution in [0.5, 0.6) is 0 Å². The van der Waals surface area contributed by atoms with Crippen molar-refractivity contribution in [3.05, 3.63) is 11.6 Å². The van der Waals surface area contributed by atoms with E-state index in [1.165, 1.54) is 0 Å². The van der Waals surface area contributed by atoms with E-state index in [1.54, 1.807) is 13.0 Å². The molecule has 0 unspecified atom stereocenters. The van der Waals surface area contributed by atoms with Gasteiger partial charge >= 0.3 is 5.97 Å². The van der Waals surface area contributed by atoms with Crippen molar-refractivity contribution in [3.63, 3.8) is 0 Å². The van der Waals surface area contributed by atoms with Crippen LogP contribution in [0, 0.1) is 28.6 Å². The Morgan fingerprint density at radius 1 is 1.14 bits per heavy atom. The highest BCUT2D eigenvalue weighted by Gasteiger charge is 2.70. The number of hydrogen-bond donors (Lipinski definition) is 5. The van der Waals surface area contributed by atoms with E-state index in [0.717, 1.165) is 18.4 Å². The monoisotopic (exact) mass is 394 g/mol. The summed E-state index contributed by atoms with van der Waals surface area (Å²) in [6.45, 7) is 3.83. The first-order valence-corrected chi connectivity index (χ1v) is 10.2. The van der Waals surface area contributed by atoms with Gasteiger partial charge in [-0.05, 0) is 67.8 Å². The average molecular weight is 394 g/mol. The van der Waals surface area contributed by atoms with Crippen molar-refractivity contribution >= 4 is 11.6 Å². The number of rotatable bonds is 2. The zero-order valence-electron chi connectivity index (χ0n) is 16.4. The van der Waals surface area contributed by atoms with Gasteiger partial charge in [-0.1, -0.05) is 19.4 Å². The Morgan fingerprint density at radius 3 is 2.46 bits per heavy atom. The highest BCUT2D eigenvalue weighted by Crippen LogP contribution is 2.67. The minimum Gasteiger partial charge on any atom is -0.393 e. The summed E-state index contributed by atoms with van der Waals surface area (Å²) < 4.78 is 0. The first kappa shape index (κ1) is 20.2. The van der Waals surface area contributed by atoms with E-state index in [9.17, 15) is 35.1 Å². The zero-order chi connectivity index (χ0) is 20.7. The van der Waals surface area contributed by atoms with Crippen molar-refractivity contribution in [1.82, 2.24) is 0 Å². The molecule has 7 nitrogen and oxygen atoms in total. The van der Waals surface area contributed by atoms with E-state index >= 15 is 0 Å². The number of ketones is 2. The average Bonchev–Trinajstić information content (AvgIpc) is 2.85. The molecule has 0 saturated heterocycles. The number of aliphatic hydroxyl groups is 5. The quantitative estimate of drug-likeness (QED) is 0.428. The number of allylic oxidation sites excluding steroid dienone is 1.